The maximum atomic E-state index is 13.0. The number of hydrogen-bond acceptors (Lipinski definition) is 2. The van der Waals surface area contributed by atoms with Crippen LogP contribution in [0.2, 0.25) is 0 Å². The van der Waals surface area contributed by atoms with Gasteiger partial charge in [-0.3, -0.25) is 0 Å². The SMILES string of the molecule is CC(C)(C)SCC(N)c1cc(F)cc(F)c1. The molecule has 4 heteroatoms. The first-order valence-corrected chi connectivity index (χ1v) is 6.12. The Labute approximate surface area is 99.4 Å². The van der Waals surface area contributed by atoms with Crippen molar-refractivity contribution in [3.63, 3.8) is 0 Å². The minimum Gasteiger partial charge on any atom is -0.323 e. The zero-order valence-electron chi connectivity index (χ0n) is 9.76. The molecule has 0 aliphatic carbocycles. The van der Waals surface area contributed by atoms with Crippen LogP contribution >= 0.6 is 11.8 Å². The van der Waals surface area contributed by atoms with E-state index in [1.807, 2.05) is 0 Å². The highest BCUT2D eigenvalue weighted by atomic mass is 32.2. The van der Waals surface area contributed by atoms with E-state index in [1.54, 1.807) is 11.8 Å². The second-order valence-corrected chi connectivity index (χ2v) is 6.58. The Hall–Kier alpha value is -0.610. The van der Waals surface area contributed by atoms with Crippen LogP contribution in [0.5, 0.6) is 0 Å². The lowest BCUT2D eigenvalue weighted by atomic mass is 10.1. The molecule has 0 radical (unpaired) electrons. The lowest BCUT2D eigenvalue weighted by molar-refractivity contribution is 0.576. The lowest BCUT2D eigenvalue weighted by Crippen LogP contribution is -2.18. The lowest BCUT2D eigenvalue weighted by Gasteiger charge is -2.20. The van der Waals surface area contributed by atoms with Gasteiger partial charge in [-0.05, 0) is 17.7 Å². The van der Waals surface area contributed by atoms with Crippen LogP contribution in [0, 0.1) is 11.6 Å². The molecule has 90 valence electrons. The molecule has 1 rings (SSSR count). The van der Waals surface area contributed by atoms with E-state index in [1.165, 1.54) is 12.1 Å². The molecule has 0 aliphatic heterocycles. The quantitative estimate of drug-likeness (QED) is 0.882. The molecule has 0 amide bonds. The predicted octanol–water partition coefficient (Wildman–Crippen LogP) is 3.50. The molecule has 1 unspecified atom stereocenters. The number of nitrogens with two attached hydrogens (primary N) is 1. The third-order valence-corrected chi connectivity index (χ3v) is 3.40. The summed E-state index contributed by atoms with van der Waals surface area (Å²) in [6, 6.07) is 3.09. The Bertz CT molecular complexity index is 340. The van der Waals surface area contributed by atoms with Crippen molar-refractivity contribution in [1.82, 2.24) is 0 Å². The molecule has 0 saturated carbocycles. The van der Waals surface area contributed by atoms with Gasteiger partial charge in [0.2, 0.25) is 0 Å². The van der Waals surface area contributed by atoms with Crippen molar-refractivity contribution >= 4 is 11.8 Å². The first kappa shape index (κ1) is 13.5. The van der Waals surface area contributed by atoms with Crippen molar-refractivity contribution in [3.05, 3.63) is 35.4 Å². The third kappa shape index (κ3) is 4.49. The summed E-state index contributed by atoms with van der Waals surface area (Å²) in [4.78, 5) is 0. The van der Waals surface area contributed by atoms with Crippen LogP contribution in [-0.2, 0) is 0 Å². The summed E-state index contributed by atoms with van der Waals surface area (Å²) in [7, 11) is 0. The number of thioether (sulfide) groups is 1. The summed E-state index contributed by atoms with van der Waals surface area (Å²) >= 11 is 1.68. The van der Waals surface area contributed by atoms with Gasteiger partial charge in [0.1, 0.15) is 11.6 Å². The maximum Gasteiger partial charge on any atom is 0.126 e. The molecular formula is C12H17F2NS. The van der Waals surface area contributed by atoms with Gasteiger partial charge in [0, 0.05) is 22.6 Å². The maximum absolute atomic E-state index is 13.0. The average Bonchev–Trinajstić information content (AvgIpc) is 2.11. The van der Waals surface area contributed by atoms with Crippen LogP contribution in [0.15, 0.2) is 18.2 Å². The molecular weight excluding hydrogens is 228 g/mol. The molecule has 0 spiro atoms. The number of rotatable bonds is 3. The van der Waals surface area contributed by atoms with Gasteiger partial charge in [-0.1, -0.05) is 20.8 Å². The number of halogens is 2. The zero-order chi connectivity index (χ0) is 12.3. The third-order valence-electron chi connectivity index (χ3n) is 2.01. The Morgan fingerprint density at radius 3 is 2.12 bits per heavy atom. The Morgan fingerprint density at radius 1 is 1.19 bits per heavy atom. The van der Waals surface area contributed by atoms with Crippen LogP contribution in [-0.4, -0.2) is 10.5 Å². The highest BCUT2D eigenvalue weighted by molar-refractivity contribution is 8.00. The Balaban J connectivity index is 2.69. The minimum atomic E-state index is -0.578. The second kappa shape index (κ2) is 5.15. The summed E-state index contributed by atoms with van der Waals surface area (Å²) in [5.41, 5.74) is 6.39. The molecule has 0 aromatic heterocycles. The van der Waals surface area contributed by atoms with E-state index in [0.29, 0.717) is 11.3 Å². The molecule has 1 aromatic rings. The monoisotopic (exact) mass is 245 g/mol. The van der Waals surface area contributed by atoms with E-state index in [-0.39, 0.29) is 10.8 Å². The fourth-order valence-corrected chi connectivity index (χ4v) is 2.10. The van der Waals surface area contributed by atoms with Gasteiger partial charge in [0.05, 0.1) is 0 Å². The van der Waals surface area contributed by atoms with E-state index in [4.69, 9.17) is 5.73 Å². The summed E-state index contributed by atoms with van der Waals surface area (Å²) < 4.78 is 26.0. The Kier molecular flexibility index (Phi) is 4.33. The van der Waals surface area contributed by atoms with E-state index in [0.717, 1.165) is 6.07 Å². The molecule has 16 heavy (non-hydrogen) atoms. The summed E-state index contributed by atoms with van der Waals surface area (Å²) in [5.74, 6) is -0.510. The van der Waals surface area contributed by atoms with E-state index < -0.39 is 11.6 Å². The summed E-state index contributed by atoms with van der Waals surface area (Å²) in [6.45, 7) is 6.24. The zero-order valence-corrected chi connectivity index (χ0v) is 10.6. The molecule has 2 N–H and O–H groups in total. The average molecular weight is 245 g/mol. The van der Waals surface area contributed by atoms with E-state index >= 15 is 0 Å². The highest BCUT2D eigenvalue weighted by Crippen LogP contribution is 2.27. The van der Waals surface area contributed by atoms with Crippen molar-refractivity contribution in [2.75, 3.05) is 5.75 Å². The van der Waals surface area contributed by atoms with Crippen molar-refractivity contribution in [3.8, 4) is 0 Å². The van der Waals surface area contributed by atoms with Crippen molar-refractivity contribution in [2.45, 2.75) is 31.6 Å². The fraction of sp³-hybridized carbons (Fsp3) is 0.500. The smallest absolute Gasteiger partial charge is 0.126 e. The van der Waals surface area contributed by atoms with Gasteiger partial charge >= 0.3 is 0 Å². The summed E-state index contributed by atoms with van der Waals surface area (Å²) in [6.07, 6.45) is 0. The summed E-state index contributed by atoms with van der Waals surface area (Å²) in [5, 5.41) is 0. The van der Waals surface area contributed by atoms with Gasteiger partial charge < -0.3 is 5.73 Å². The molecule has 1 aromatic carbocycles. The van der Waals surface area contributed by atoms with Crippen LogP contribution in [0.1, 0.15) is 32.4 Å². The molecule has 0 bridgehead atoms. The molecule has 0 fully saturated rings. The van der Waals surface area contributed by atoms with E-state index in [9.17, 15) is 8.78 Å². The van der Waals surface area contributed by atoms with Gasteiger partial charge in [0.25, 0.3) is 0 Å². The number of hydrogen-bond donors (Lipinski definition) is 1. The standard InChI is InChI=1S/C12H17F2NS/c1-12(2,3)16-7-11(15)8-4-9(13)6-10(14)5-8/h4-6,11H,7,15H2,1-3H3. The van der Waals surface area contributed by atoms with Gasteiger partial charge in [-0.15, -0.1) is 0 Å². The topological polar surface area (TPSA) is 26.0 Å². The molecule has 1 atom stereocenters. The first-order chi connectivity index (χ1) is 7.28. The Morgan fingerprint density at radius 2 is 1.69 bits per heavy atom. The molecule has 0 saturated heterocycles. The molecule has 1 nitrogen and oxygen atoms in total. The van der Waals surface area contributed by atoms with Crippen LogP contribution < -0.4 is 5.73 Å². The second-order valence-electron chi connectivity index (χ2n) is 4.73. The van der Waals surface area contributed by atoms with Crippen molar-refractivity contribution in [1.29, 1.82) is 0 Å². The highest BCUT2D eigenvalue weighted by Gasteiger charge is 2.15. The van der Waals surface area contributed by atoms with Crippen LogP contribution in [0.25, 0.3) is 0 Å². The fourth-order valence-electron chi connectivity index (χ4n) is 1.23. The molecule has 0 heterocycles. The van der Waals surface area contributed by atoms with Gasteiger partial charge in [-0.2, -0.15) is 11.8 Å². The van der Waals surface area contributed by atoms with Crippen molar-refractivity contribution in [2.24, 2.45) is 5.73 Å². The normalized spacial score (nSPS) is 13.9. The predicted molar refractivity (Wildman–Crippen MR) is 65.5 cm³/mol. The van der Waals surface area contributed by atoms with E-state index in [2.05, 4.69) is 20.8 Å². The largest absolute Gasteiger partial charge is 0.323 e. The van der Waals surface area contributed by atoms with Crippen molar-refractivity contribution < 1.29 is 8.78 Å². The number of benzene rings is 1. The molecule has 0 aliphatic rings. The van der Waals surface area contributed by atoms with Gasteiger partial charge in [0.15, 0.2) is 0 Å². The van der Waals surface area contributed by atoms with Crippen LogP contribution in [0.3, 0.4) is 0 Å². The van der Waals surface area contributed by atoms with Crippen LogP contribution in [0.4, 0.5) is 8.78 Å². The van der Waals surface area contributed by atoms with Gasteiger partial charge in [-0.25, -0.2) is 8.78 Å². The first-order valence-electron chi connectivity index (χ1n) is 5.13. The minimum absolute atomic E-state index is 0.101.